The average molecular weight is 584 g/mol. The predicted octanol–water partition coefficient (Wildman–Crippen LogP) is 6.55. The van der Waals surface area contributed by atoms with Gasteiger partial charge in [-0.05, 0) is 72.1 Å². The fourth-order valence-electron chi connectivity index (χ4n) is 5.65. The molecule has 4 aromatic carbocycles. The SMILES string of the molecule is N=c1n(CCCOc2ccc(F)cc2)c2ccccc2n1Cc1ccc(N2CCN(Cc3ccccc3Cl)CC2)cc1. The number of aryl methyl sites for hydroxylation is 1. The lowest BCUT2D eigenvalue weighted by Crippen LogP contribution is -2.46. The van der Waals surface area contributed by atoms with Gasteiger partial charge in [0.2, 0.25) is 5.62 Å². The smallest absolute Gasteiger partial charge is 0.203 e. The van der Waals surface area contributed by atoms with Crippen LogP contribution in [0.25, 0.3) is 11.0 Å². The molecule has 1 aliphatic rings. The van der Waals surface area contributed by atoms with Crippen molar-refractivity contribution in [2.45, 2.75) is 26.1 Å². The molecule has 0 unspecified atom stereocenters. The number of aromatic nitrogens is 2. The second kappa shape index (κ2) is 12.8. The van der Waals surface area contributed by atoms with Gasteiger partial charge in [-0.1, -0.05) is 54.1 Å². The normalized spacial score (nSPS) is 14.0. The van der Waals surface area contributed by atoms with E-state index in [1.807, 2.05) is 34.9 Å². The van der Waals surface area contributed by atoms with E-state index in [9.17, 15) is 4.39 Å². The van der Waals surface area contributed by atoms with Crippen LogP contribution in [0.5, 0.6) is 5.75 Å². The summed E-state index contributed by atoms with van der Waals surface area (Å²) in [6.45, 7) is 6.63. The molecule has 1 saturated heterocycles. The van der Waals surface area contributed by atoms with E-state index < -0.39 is 0 Å². The van der Waals surface area contributed by atoms with Gasteiger partial charge in [-0.2, -0.15) is 0 Å². The van der Waals surface area contributed by atoms with Gasteiger partial charge in [-0.3, -0.25) is 10.3 Å². The van der Waals surface area contributed by atoms with E-state index >= 15 is 0 Å². The lowest BCUT2D eigenvalue weighted by Gasteiger charge is -2.36. The molecule has 1 N–H and O–H groups in total. The van der Waals surface area contributed by atoms with E-state index in [1.54, 1.807) is 12.1 Å². The van der Waals surface area contributed by atoms with Crippen LogP contribution in [0.1, 0.15) is 17.5 Å². The topological polar surface area (TPSA) is 49.4 Å². The summed E-state index contributed by atoms with van der Waals surface area (Å²) in [7, 11) is 0. The Balaban J connectivity index is 1.08. The summed E-state index contributed by atoms with van der Waals surface area (Å²) in [5.74, 6) is 0.375. The molecule has 8 heteroatoms. The molecule has 0 radical (unpaired) electrons. The zero-order chi connectivity index (χ0) is 28.9. The number of fused-ring (bicyclic) bond motifs is 1. The Bertz CT molecular complexity index is 1690. The maximum Gasteiger partial charge on any atom is 0.203 e. The summed E-state index contributed by atoms with van der Waals surface area (Å²) in [4.78, 5) is 4.90. The number of piperazine rings is 1. The second-order valence-electron chi connectivity index (χ2n) is 10.7. The third kappa shape index (κ3) is 6.37. The molecule has 216 valence electrons. The molecule has 1 aliphatic heterocycles. The van der Waals surface area contributed by atoms with Crippen molar-refractivity contribution in [1.29, 1.82) is 5.41 Å². The summed E-state index contributed by atoms with van der Waals surface area (Å²) < 4.78 is 23.0. The zero-order valence-electron chi connectivity index (χ0n) is 23.6. The van der Waals surface area contributed by atoms with Crippen LogP contribution in [0.4, 0.5) is 10.1 Å². The highest BCUT2D eigenvalue weighted by Gasteiger charge is 2.18. The maximum absolute atomic E-state index is 13.1. The number of rotatable bonds is 10. The molecule has 0 spiro atoms. The lowest BCUT2D eigenvalue weighted by molar-refractivity contribution is 0.250. The summed E-state index contributed by atoms with van der Waals surface area (Å²) in [5, 5.41) is 9.82. The number of para-hydroxylation sites is 2. The van der Waals surface area contributed by atoms with Crippen LogP contribution in [0.3, 0.4) is 0 Å². The van der Waals surface area contributed by atoms with Crippen molar-refractivity contribution in [3.63, 3.8) is 0 Å². The van der Waals surface area contributed by atoms with Gasteiger partial charge in [0.05, 0.1) is 24.2 Å². The number of nitrogens with zero attached hydrogens (tertiary/aromatic N) is 4. The summed E-state index contributed by atoms with van der Waals surface area (Å²) in [5.41, 5.74) is 6.13. The van der Waals surface area contributed by atoms with Gasteiger partial charge in [0.25, 0.3) is 0 Å². The largest absolute Gasteiger partial charge is 0.494 e. The molecule has 42 heavy (non-hydrogen) atoms. The molecule has 0 aliphatic carbocycles. The van der Waals surface area contributed by atoms with E-state index in [2.05, 4.69) is 56.8 Å². The average Bonchev–Trinajstić information content (AvgIpc) is 3.28. The Labute approximate surface area is 250 Å². The number of ether oxygens (including phenoxy) is 1. The molecular formula is C34H35ClFN5O. The molecule has 1 fully saturated rings. The van der Waals surface area contributed by atoms with Crippen molar-refractivity contribution in [3.05, 3.63) is 125 Å². The summed E-state index contributed by atoms with van der Waals surface area (Å²) >= 11 is 6.37. The Hall–Kier alpha value is -4.07. The van der Waals surface area contributed by atoms with Crippen LogP contribution >= 0.6 is 11.6 Å². The van der Waals surface area contributed by atoms with Gasteiger partial charge in [0.1, 0.15) is 11.6 Å². The molecule has 0 amide bonds. The minimum absolute atomic E-state index is 0.275. The minimum Gasteiger partial charge on any atom is -0.494 e. The molecule has 6 rings (SSSR count). The Morgan fingerprint density at radius 3 is 2.12 bits per heavy atom. The lowest BCUT2D eigenvalue weighted by atomic mass is 10.1. The number of benzene rings is 4. The Morgan fingerprint density at radius 1 is 0.738 bits per heavy atom. The molecule has 0 saturated carbocycles. The fourth-order valence-corrected chi connectivity index (χ4v) is 5.85. The first-order valence-electron chi connectivity index (χ1n) is 14.5. The van der Waals surface area contributed by atoms with Crippen molar-refractivity contribution >= 4 is 28.3 Å². The summed E-state index contributed by atoms with van der Waals surface area (Å²) in [6.07, 6.45) is 0.738. The number of hydrogen-bond donors (Lipinski definition) is 1. The third-order valence-corrected chi connectivity index (χ3v) is 8.32. The van der Waals surface area contributed by atoms with E-state index in [-0.39, 0.29) is 5.82 Å². The highest BCUT2D eigenvalue weighted by Crippen LogP contribution is 2.22. The van der Waals surface area contributed by atoms with Gasteiger partial charge < -0.3 is 18.8 Å². The van der Waals surface area contributed by atoms with Crippen LogP contribution in [-0.4, -0.2) is 46.8 Å². The van der Waals surface area contributed by atoms with E-state index in [4.69, 9.17) is 21.7 Å². The van der Waals surface area contributed by atoms with Gasteiger partial charge in [0, 0.05) is 50.0 Å². The first-order valence-corrected chi connectivity index (χ1v) is 14.8. The van der Waals surface area contributed by atoms with E-state index in [1.165, 1.54) is 23.4 Å². The van der Waals surface area contributed by atoms with Gasteiger partial charge >= 0.3 is 0 Å². The molecule has 2 heterocycles. The third-order valence-electron chi connectivity index (χ3n) is 7.95. The van der Waals surface area contributed by atoms with Crippen LogP contribution in [0, 0.1) is 11.2 Å². The quantitative estimate of drug-likeness (QED) is 0.190. The van der Waals surface area contributed by atoms with Crippen molar-refractivity contribution in [2.24, 2.45) is 0 Å². The number of nitrogens with one attached hydrogen (secondary N) is 1. The predicted molar refractivity (Wildman–Crippen MR) is 167 cm³/mol. The van der Waals surface area contributed by atoms with Crippen molar-refractivity contribution in [2.75, 3.05) is 37.7 Å². The number of anilines is 1. The van der Waals surface area contributed by atoms with Gasteiger partial charge in [0.15, 0.2) is 0 Å². The molecule has 1 aromatic heterocycles. The van der Waals surface area contributed by atoms with Gasteiger partial charge in [-0.25, -0.2) is 4.39 Å². The fraction of sp³-hybridized carbons (Fsp3) is 0.265. The Kier molecular flexibility index (Phi) is 8.58. The second-order valence-corrected chi connectivity index (χ2v) is 11.1. The molecule has 5 aromatic rings. The van der Waals surface area contributed by atoms with Crippen LogP contribution in [0.2, 0.25) is 5.02 Å². The minimum atomic E-state index is -0.275. The maximum atomic E-state index is 13.1. The molecule has 0 bridgehead atoms. The molecular weight excluding hydrogens is 549 g/mol. The van der Waals surface area contributed by atoms with Crippen LogP contribution in [0.15, 0.2) is 97.1 Å². The van der Waals surface area contributed by atoms with Crippen LogP contribution < -0.4 is 15.3 Å². The number of hydrogen-bond acceptors (Lipinski definition) is 4. The Morgan fingerprint density at radius 2 is 1.40 bits per heavy atom. The number of halogens is 2. The van der Waals surface area contributed by atoms with Gasteiger partial charge in [-0.15, -0.1) is 0 Å². The van der Waals surface area contributed by atoms with Crippen molar-refractivity contribution < 1.29 is 9.13 Å². The highest BCUT2D eigenvalue weighted by molar-refractivity contribution is 6.31. The van der Waals surface area contributed by atoms with E-state index in [0.717, 1.165) is 60.8 Å². The first kappa shape index (κ1) is 28.1. The summed E-state index contributed by atoms with van der Waals surface area (Å²) in [6, 6.07) is 31.1. The van der Waals surface area contributed by atoms with Crippen molar-refractivity contribution in [3.8, 4) is 5.75 Å². The molecule has 0 atom stereocenters. The molecule has 6 nitrogen and oxygen atoms in total. The van der Waals surface area contributed by atoms with E-state index in [0.29, 0.717) is 31.1 Å². The first-order chi connectivity index (χ1) is 20.5. The number of imidazole rings is 1. The van der Waals surface area contributed by atoms with Crippen LogP contribution in [-0.2, 0) is 19.6 Å². The highest BCUT2D eigenvalue weighted by atomic mass is 35.5. The standard InChI is InChI=1S/C34H35ClFN5O/c35-31-7-2-1-6-27(31)25-38-19-21-39(22-20-38)29-14-10-26(11-15-29)24-41-33-9-4-3-8-32(33)40(34(41)37)18-5-23-42-30-16-12-28(36)13-17-30/h1-4,6-17,37H,5,18-25H2. The zero-order valence-corrected chi connectivity index (χ0v) is 24.3. The van der Waals surface area contributed by atoms with Crippen molar-refractivity contribution in [1.82, 2.24) is 14.0 Å². The monoisotopic (exact) mass is 583 g/mol.